The summed E-state index contributed by atoms with van der Waals surface area (Å²) in [6, 6.07) is 3.58. The largest absolute Gasteiger partial charge is 0.490 e. The van der Waals surface area contributed by atoms with Crippen molar-refractivity contribution >= 4 is 42.2 Å². The number of carbonyl (C=O) groups excluding carboxylic acids is 2. The first kappa shape index (κ1) is 34.3. The van der Waals surface area contributed by atoms with Crippen LogP contribution in [-0.2, 0) is 14.3 Å². The predicted molar refractivity (Wildman–Crippen MR) is 165 cm³/mol. The van der Waals surface area contributed by atoms with Crippen molar-refractivity contribution in [1.29, 1.82) is 0 Å². The van der Waals surface area contributed by atoms with Gasteiger partial charge in [-0.2, -0.15) is 0 Å². The minimum atomic E-state index is -1.000. The molecule has 0 aromatic heterocycles. The zero-order valence-corrected chi connectivity index (χ0v) is 25.0. The molecule has 2 rings (SSSR count). The molecule has 0 radical (unpaired) electrons. The lowest BCUT2D eigenvalue weighted by Crippen LogP contribution is -2.35. The number of nitrogens with zero attached hydrogens (tertiary/aromatic N) is 2. The summed E-state index contributed by atoms with van der Waals surface area (Å²) in [6.45, 7) is 22.2. The molecule has 0 fully saturated rings. The Morgan fingerprint density at radius 1 is 1.23 bits per heavy atom. The summed E-state index contributed by atoms with van der Waals surface area (Å²) in [5.41, 5.74) is 2.88. The van der Waals surface area contributed by atoms with Crippen LogP contribution in [0, 0.1) is 0 Å². The quantitative estimate of drug-likeness (QED) is 0.150. The number of aliphatic hydroxyl groups is 1. The topological polar surface area (TPSA) is 100 Å². The number of likely N-dealkylation sites (N-methyl/N-ethyl adjacent to an activating group) is 1. The van der Waals surface area contributed by atoms with E-state index in [4.69, 9.17) is 26.2 Å². The second-order valence-electron chi connectivity index (χ2n) is 9.67. The van der Waals surface area contributed by atoms with Gasteiger partial charge in [0.2, 0.25) is 0 Å². The molecular formula is C31H40ClN3O5. The Bertz CT molecular complexity index is 1240. The third kappa shape index (κ3) is 8.39. The van der Waals surface area contributed by atoms with Gasteiger partial charge in [0.15, 0.2) is 18.7 Å². The van der Waals surface area contributed by atoms with E-state index in [-0.39, 0.29) is 5.57 Å². The van der Waals surface area contributed by atoms with Crippen LogP contribution in [0.1, 0.15) is 26.3 Å². The van der Waals surface area contributed by atoms with Gasteiger partial charge in [0.25, 0.3) is 0 Å². The molecule has 0 spiro atoms. The van der Waals surface area contributed by atoms with Crippen LogP contribution in [0.3, 0.4) is 0 Å². The third-order valence-corrected chi connectivity index (χ3v) is 6.01. The van der Waals surface area contributed by atoms with E-state index in [2.05, 4.69) is 36.8 Å². The molecule has 0 saturated heterocycles. The number of halogens is 1. The lowest BCUT2D eigenvalue weighted by atomic mass is 9.86. The first-order chi connectivity index (χ1) is 18.9. The van der Waals surface area contributed by atoms with Crippen molar-refractivity contribution in [2.45, 2.75) is 32.5 Å². The van der Waals surface area contributed by atoms with Gasteiger partial charge in [-0.15, -0.1) is 0 Å². The Labute approximate surface area is 242 Å². The number of anilines is 1. The Kier molecular flexibility index (Phi) is 13.5. The molecule has 8 nitrogen and oxygen atoms in total. The zero-order chi connectivity index (χ0) is 30.6. The summed E-state index contributed by atoms with van der Waals surface area (Å²) in [4.78, 5) is 30.5. The summed E-state index contributed by atoms with van der Waals surface area (Å²) < 4.78 is 11.9. The van der Waals surface area contributed by atoms with E-state index in [1.165, 1.54) is 12.3 Å². The summed E-state index contributed by atoms with van der Waals surface area (Å²) >= 11 is 6.97. The number of hydrogen-bond donors (Lipinski definition) is 2. The highest BCUT2D eigenvalue weighted by Crippen LogP contribution is 2.44. The molecule has 0 saturated carbocycles. The van der Waals surface area contributed by atoms with Gasteiger partial charge in [-0.05, 0) is 62.4 Å². The van der Waals surface area contributed by atoms with Crippen molar-refractivity contribution in [3.63, 3.8) is 0 Å². The number of fused-ring (bicyclic) bond motifs is 1. The molecule has 0 aliphatic carbocycles. The van der Waals surface area contributed by atoms with Gasteiger partial charge in [0.05, 0.1) is 22.0 Å². The average molecular weight is 570 g/mol. The van der Waals surface area contributed by atoms with Crippen molar-refractivity contribution in [3.05, 3.63) is 88.8 Å². The molecule has 0 bridgehead atoms. The number of aliphatic hydroxyl groups excluding tert-OH is 1. The van der Waals surface area contributed by atoms with Gasteiger partial charge in [-0.25, -0.2) is 0 Å². The van der Waals surface area contributed by atoms with E-state index in [9.17, 15) is 9.59 Å². The zero-order valence-electron chi connectivity index (χ0n) is 24.2. The number of hydrogen-bond acceptors (Lipinski definition) is 8. The second-order valence-corrected chi connectivity index (χ2v) is 10.0. The lowest BCUT2D eigenvalue weighted by Gasteiger charge is -2.33. The van der Waals surface area contributed by atoms with Crippen molar-refractivity contribution in [3.8, 4) is 5.75 Å². The van der Waals surface area contributed by atoms with E-state index in [0.29, 0.717) is 69.5 Å². The summed E-state index contributed by atoms with van der Waals surface area (Å²) in [5.74, 6) is 0.605. The van der Waals surface area contributed by atoms with Gasteiger partial charge in [-0.3, -0.25) is 9.79 Å². The fourth-order valence-electron chi connectivity index (χ4n) is 4.00. The molecule has 1 aromatic rings. The monoisotopic (exact) mass is 569 g/mol. The smallest absolute Gasteiger partial charge is 0.154 e. The van der Waals surface area contributed by atoms with Crippen LogP contribution < -0.4 is 10.1 Å². The highest BCUT2D eigenvalue weighted by Gasteiger charge is 2.31. The number of nitrogens with one attached hydrogen (secondary N) is 1. The van der Waals surface area contributed by atoms with Crippen LogP contribution in [0.15, 0.2) is 83.2 Å². The van der Waals surface area contributed by atoms with Gasteiger partial charge in [0.1, 0.15) is 12.4 Å². The maximum Gasteiger partial charge on any atom is 0.154 e. The Morgan fingerprint density at radius 2 is 1.88 bits per heavy atom. The molecule has 0 amide bonds. The van der Waals surface area contributed by atoms with Crippen molar-refractivity contribution in [2.75, 3.05) is 39.7 Å². The minimum absolute atomic E-state index is 0.214. The van der Waals surface area contributed by atoms with Crippen LogP contribution in [0.25, 0.3) is 5.57 Å². The van der Waals surface area contributed by atoms with E-state index >= 15 is 0 Å². The number of carbonyl (C=O) groups is 2. The van der Waals surface area contributed by atoms with Gasteiger partial charge in [0, 0.05) is 50.7 Å². The number of benzene rings is 1. The molecule has 9 heteroatoms. The van der Waals surface area contributed by atoms with Crippen LogP contribution >= 0.6 is 11.6 Å². The predicted octanol–water partition coefficient (Wildman–Crippen LogP) is 5.42. The molecule has 216 valence electrons. The van der Waals surface area contributed by atoms with E-state index < -0.39 is 11.7 Å². The third-order valence-electron chi connectivity index (χ3n) is 5.62. The molecule has 2 N–H and O–H groups in total. The average Bonchev–Trinajstić information content (AvgIpc) is 2.93. The van der Waals surface area contributed by atoms with Crippen LogP contribution in [-0.4, -0.2) is 75.4 Å². The number of allylic oxidation sites excluding steroid dienone is 7. The highest BCUT2D eigenvalue weighted by atomic mass is 35.5. The molecule has 0 unspecified atom stereocenters. The van der Waals surface area contributed by atoms with E-state index in [0.717, 1.165) is 13.4 Å². The standard InChI is InChI=1S/C30H36ClN3O4.CH4O/c1-10-21(23(17-35)20(3)19(2)13-14-32-7)26(29(34(8)9)25(18-36)38-30(4,5)6)22-11-12-24-28(27(22)31)33-15-16-37-24;1-2/h10-14,17-18,25,33H,1-3,7,15-16H2,4-6,8-9H3;2H,1H3/b14-13-,23-21+,29-26+;/t25-;/m0./s1. The van der Waals surface area contributed by atoms with Crippen LogP contribution in [0.5, 0.6) is 5.75 Å². The molecule has 40 heavy (non-hydrogen) atoms. The molecule has 1 aromatic carbocycles. The summed E-state index contributed by atoms with van der Waals surface area (Å²) in [5, 5.41) is 10.6. The maximum absolute atomic E-state index is 12.6. The van der Waals surface area contributed by atoms with Crippen LogP contribution in [0.4, 0.5) is 5.69 Å². The number of aliphatic imine (C=N–C) groups is 1. The minimum Gasteiger partial charge on any atom is -0.490 e. The summed E-state index contributed by atoms with van der Waals surface area (Å²) in [7, 11) is 4.58. The molecule has 1 heterocycles. The highest BCUT2D eigenvalue weighted by molar-refractivity contribution is 6.35. The molecule has 1 aliphatic heterocycles. The van der Waals surface area contributed by atoms with E-state index in [1.807, 2.05) is 20.8 Å². The van der Waals surface area contributed by atoms with Gasteiger partial charge >= 0.3 is 0 Å². The second kappa shape index (κ2) is 15.8. The van der Waals surface area contributed by atoms with Gasteiger partial charge in [-0.1, -0.05) is 37.4 Å². The summed E-state index contributed by atoms with van der Waals surface area (Å²) in [6.07, 6.45) is 5.00. The van der Waals surface area contributed by atoms with Crippen LogP contribution in [0.2, 0.25) is 5.02 Å². The number of rotatable bonds is 12. The first-order valence-electron chi connectivity index (χ1n) is 12.4. The Morgan fingerprint density at radius 3 is 2.38 bits per heavy atom. The van der Waals surface area contributed by atoms with Gasteiger partial charge < -0.3 is 29.6 Å². The molecular weight excluding hydrogens is 530 g/mol. The van der Waals surface area contributed by atoms with E-state index in [1.54, 1.807) is 37.2 Å². The lowest BCUT2D eigenvalue weighted by molar-refractivity contribution is -0.125. The fraction of sp³-hybridized carbons (Fsp3) is 0.323. The maximum atomic E-state index is 12.6. The number of aldehydes is 2. The molecule has 1 atom stereocenters. The SMILES string of the molecule is C=CC(=C(/C=O)C(=C)C(=C)/C=C\N=C)/C(=C(/[C@H](C=O)OC(C)(C)C)N(C)C)c1ccc2c(c1Cl)NCCO2.CO. The molecule has 1 aliphatic rings. The first-order valence-corrected chi connectivity index (χ1v) is 12.8. The Hall–Kier alpha value is -3.72. The van der Waals surface area contributed by atoms with Crippen molar-refractivity contribution in [2.24, 2.45) is 4.99 Å². The van der Waals surface area contributed by atoms with Crippen molar-refractivity contribution < 1.29 is 24.2 Å². The number of ether oxygens (including phenoxy) is 2. The fourth-order valence-corrected chi connectivity index (χ4v) is 4.32. The Balaban J connectivity index is 0.00000391. The van der Waals surface area contributed by atoms with Crippen molar-refractivity contribution in [1.82, 2.24) is 4.90 Å². The normalized spacial score (nSPS) is 14.5.